The Balaban J connectivity index is 1.35. The van der Waals surface area contributed by atoms with Gasteiger partial charge in [0.2, 0.25) is 0 Å². The van der Waals surface area contributed by atoms with Gasteiger partial charge in [-0.05, 0) is 29.8 Å². The molecule has 1 amide bonds. The Hall–Kier alpha value is -3.48. The zero-order chi connectivity index (χ0) is 20.1. The van der Waals surface area contributed by atoms with Crippen molar-refractivity contribution in [3.63, 3.8) is 0 Å². The minimum absolute atomic E-state index is 0.0737. The highest BCUT2D eigenvalue weighted by Gasteiger charge is 2.24. The number of anilines is 2. The van der Waals surface area contributed by atoms with Crippen LogP contribution in [0.15, 0.2) is 66.9 Å². The first-order valence-corrected chi connectivity index (χ1v) is 9.75. The van der Waals surface area contributed by atoms with Gasteiger partial charge in [0.05, 0.1) is 0 Å². The van der Waals surface area contributed by atoms with Crippen LogP contribution < -0.4 is 9.80 Å². The summed E-state index contributed by atoms with van der Waals surface area (Å²) in [5, 5.41) is 8.45. The van der Waals surface area contributed by atoms with Crippen LogP contribution in [0.5, 0.6) is 0 Å². The fourth-order valence-electron chi connectivity index (χ4n) is 3.42. The first kappa shape index (κ1) is 18.9. The van der Waals surface area contributed by atoms with E-state index in [0.29, 0.717) is 18.8 Å². The number of carbonyl (C=O) groups excluding carboxylic acids is 1. The molecule has 7 nitrogen and oxygen atoms in total. The zero-order valence-corrected chi connectivity index (χ0v) is 16.5. The van der Waals surface area contributed by atoms with Crippen molar-refractivity contribution in [3.8, 4) is 0 Å². The fraction of sp³-hybridized carbons (Fsp3) is 0.273. The Bertz CT molecular complexity index is 925. The molecule has 0 saturated carbocycles. The second kappa shape index (κ2) is 8.68. The van der Waals surface area contributed by atoms with E-state index in [0.717, 1.165) is 31.3 Å². The van der Waals surface area contributed by atoms with E-state index < -0.39 is 0 Å². The predicted molar refractivity (Wildman–Crippen MR) is 113 cm³/mol. The molecule has 0 unspecified atom stereocenters. The van der Waals surface area contributed by atoms with Crippen LogP contribution in [0.2, 0.25) is 0 Å². The van der Waals surface area contributed by atoms with Crippen LogP contribution in [0.3, 0.4) is 0 Å². The summed E-state index contributed by atoms with van der Waals surface area (Å²) < 4.78 is 0. The highest BCUT2D eigenvalue weighted by molar-refractivity contribution is 5.92. The lowest BCUT2D eigenvalue weighted by Gasteiger charge is -2.35. The molecule has 3 aromatic rings. The van der Waals surface area contributed by atoms with E-state index in [1.54, 1.807) is 12.3 Å². The first-order valence-electron chi connectivity index (χ1n) is 9.75. The van der Waals surface area contributed by atoms with E-state index in [9.17, 15) is 4.79 Å². The summed E-state index contributed by atoms with van der Waals surface area (Å²) in [5.41, 5.74) is 1.58. The Morgan fingerprint density at radius 3 is 2.34 bits per heavy atom. The van der Waals surface area contributed by atoms with Gasteiger partial charge in [-0.2, -0.15) is 0 Å². The van der Waals surface area contributed by atoms with Crippen molar-refractivity contribution < 1.29 is 4.79 Å². The summed E-state index contributed by atoms with van der Waals surface area (Å²) in [7, 11) is 1.97. The van der Waals surface area contributed by atoms with Crippen molar-refractivity contribution in [2.24, 2.45) is 0 Å². The number of benzene rings is 1. The van der Waals surface area contributed by atoms with Crippen molar-refractivity contribution >= 4 is 17.5 Å². The molecule has 1 fully saturated rings. The molecule has 0 bridgehead atoms. The van der Waals surface area contributed by atoms with E-state index in [4.69, 9.17) is 0 Å². The summed E-state index contributed by atoms with van der Waals surface area (Å²) in [6.07, 6.45) is 1.79. The smallest absolute Gasteiger partial charge is 0.274 e. The number of aromatic nitrogens is 3. The molecule has 3 heterocycles. The van der Waals surface area contributed by atoms with Gasteiger partial charge in [-0.3, -0.25) is 4.79 Å². The van der Waals surface area contributed by atoms with Crippen LogP contribution in [-0.2, 0) is 6.54 Å². The summed E-state index contributed by atoms with van der Waals surface area (Å²) in [5.74, 6) is 1.62. The standard InChI is InChI=1S/C22H24N6O/c1-26(17-18-7-3-2-4-8-18)21-11-10-19(24-25-21)22(29)28-15-13-27(14-16-28)20-9-5-6-12-23-20/h2-12H,13-17H2,1H3. The van der Waals surface area contributed by atoms with Crippen molar-refractivity contribution in [1.82, 2.24) is 20.1 Å². The molecule has 0 atom stereocenters. The summed E-state index contributed by atoms with van der Waals surface area (Å²) >= 11 is 0. The van der Waals surface area contributed by atoms with E-state index in [1.807, 2.05) is 59.3 Å². The molecule has 0 N–H and O–H groups in total. The van der Waals surface area contributed by atoms with Gasteiger partial charge in [-0.1, -0.05) is 36.4 Å². The molecule has 1 aliphatic rings. The Kier molecular flexibility index (Phi) is 5.65. The average Bonchev–Trinajstić information content (AvgIpc) is 2.80. The number of piperazine rings is 1. The monoisotopic (exact) mass is 388 g/mol. The number of hydrogen-bond acceptors (Lipinski definition) is 6. The van der Waals surface area contributed by atoms with Crippen LogP contribution in [-0.4, -0.2) is 59.2 Å². The van der Waals surface area contributed by atoms with Gasteiger partial charge in [0.15, 0.2) is 11.5 Å². The quantitative estimate of drug-likeness (QED) is 0.669. The molecule has 2 aromatic heterocycles. The average molecular weight is 388 g/mol. The van der Waals surface area contributed by atoms with E-state index >= 15 is 0 Å². The number of nitrogens with zero attached hydrogens (tertiary/aromatic N) is 6. The zero-order valence-electron chi connectivity index (χ0n) is 16.5. The molecule has 148 valence electrons. The van der Waals surface area contributed by atoms with Gasteiger partial charge < -0.3 is 14.7 Å². The Morgan fingerprint density at radius 1 is 0.931 bits per heavy atom. The van der Waals surface area contributed by atoms with Crippen molar-refractivity contribution in [2.75, 3.05) is 43.0 Å². The minimum Gasteiger partial charge on any atom is -0.354 e. The third-order valence-corrected chi connectivity index (χ3v) is 5.06. The van der Waals surface area contributed by atoms with Crippen molar-refractivity contribution in [1.29, 1.82) is 0 Å². The maximum atomic E-state index is 12.8. The van der Waals surface area contributed by atoms with E-state index in [1.165, 1.54) is 5.56 Å². The second-order valence-corrected chi connectivity index (χ2v) is 7.09. The number of rotatable bonds is 5. The van der Waals surface area contributed by atoms with Gasteiger partial charge in [-0.15, -0.1) is 10.2 Å². The summed E-state index contributed by atoms with van der Waals surface area (Å²) in [6.45, 7) is 3.54. The highest BCUT2D eigenvalue weighted by Crippen LogP contribution is 2.15. The summed E-state index contributed by atoms with van der Waals surface area (Å²) in [6, 6.07) is 19.7. The third kappa shape index (κ3) is 4.51. The molecule has 1 aliphatic heterocycles. The van der Waals surface area contributed by atoms with Gasteiger partial charge in [0.25, 0.3) is 5.91 Å². The molecule has 29 heavy (non-hydrogen) atoms. The minimum atomic E-state index is -0.0737. The molecular formula is C22H24N6O. The lowest BCUT2D eigenvalue weighted by molar-refractivity contribution is 0.0739. The number of amides is 1. The molecule has 0 radical (unpaired) electrons. The third-order valence-electron chi connectivity index (χ3n) is 5.06. The number of carbonyl (C=O) groups is 1. The van der Waals surface area contributed by atoms with Gasteiger partial charge >= 0.3 is 0 Å². The van der Waals surface area contributed by atoms with Crippen LogP contribution in [0.1, 0.15) is 16.1 Å². The first-order chi connectivity index (χ1) is 14.2. The maximum absolute atomic E-state index is 12.8. The van der Waals surface area contributed by atoms with Crippen LogP contribution in [0, 0.1) is 0 Å². The SMILES string of the molecule is CN(Cc1ccccc1)c1ccc(C(=O)N2CCN(c3ccccn3)CC2)nn1. The van der Waals surface area contributed by atoms with Crippen LogP contribution in [0.4, 0.5) is 11.6 Å². The lowest BCUT2D eigenvalue weighted by atomic mass is 10.2. The summed E-state index contributed by atoms with van der Waals surface area (Å²) in [4.78, 5) is 23.2. The van der Waals surface area contributed by atoms with Crippen LogP contribution in [0.25, 0.3) is 0 Å². The lowest BCUT2D eigenvalue weighted by Crippen LogP contribution is -2.49. The fourth-order valence-corrected chi connectivity index (χ4v) is 3.42. The number of hydrogen-bond donors (Lipinski definition) is 0. The largest absolute Gasteiger partial charge is 0.354 e. The van der Waals surface area contributed by atoms with Gasteiger partial charge in [0, 0.05) is 46.0 Å². The normalized spacial score (nSPS) is 14.0. The molecule has 7 heteroatoms. The molecule has 0 spiro atoms. The second-order valence-electron chi connectivity index (χ2n) is 7.09. The molecule has 4 rings (SSSR count). The van der Waals surface area contributed by atoms with E-state index in [2.05, 4.69) is 32.2 Å². The molecule has 1 saturated heterocycles. The Labute approximate surface area is 170 Å². The van der Waals surface area contributed by atoms with Gasteiger partial charge in [0.1, 0.15) is 5.82 Å². The maximum Gasteiger partial charge on any atom is 0.274 e. The topological polar surface area (TPSA) is 65.5 Å². The van der Waals surface area contributed by atoms with Crippen molar-refractivity contribution in [3.05, 3.63) is 78.1 Å². The molecule has 0 aliphatic carbocycles. The van der Waals surface area contributed by atoms with Gasteiger partial charge in [-0.25, -0.2) is 4.98 Å². The van der Waals surface area contributed by atoms with Crippen LogP contribution >= 0.6 is 0 Å². The highest BCUT2D eigenvalue weighted by atomic mass is 16.2. The number of pyridine rings is 1. The Morgan fingerprint density at radius 2 is 1.69 bits per heavy atom. The molecular weight excluding hydrogens is 364 g/mol. The van der Waals surface area contributed by atoms with E-state index in [-0.39, 0.29) is 5.91 Å². The van der Waals surface area contributed by atoms with Crippen molar-refractivity contribution in [2.45, 2.75) is 6.54 Å². The predicted octanol–water partition coefficient (Wildman–Crippen LogP) is 2.47. The molecule has 1 aromatic carbocycles.